The first-order chi connectivity index (χ1) is 14.8. The Bertz CT molecular complexity index is 758. The molecule has 0 aliphatic carbocycles. The maximum absolute atomic E-state index is 12.8. The van der Waals surface area contributed by atoms with Crippen LogP contribution in [-0.2, 0) is 22.6 Å². The van der Waals surface area contributed by atoms with Gasteiger partial charge in [0.1, 0.15) is 6.61 Å². The minimum atomic E-state index is -0.0973. The molecule has 0 spiro atoms. The fourth-order valence-electron chi connectivity index (χ4n) is 3.55. The van der Waals surface area contributed by atoms with Gasteiger partial charge in [-0.3, -0.25) is 4.79 Å². The van der Waals surface area contributed by atoms with Crippen LogP contribution in [0.15, 0.2) is 65.8 Å². The zero-order chi connectivity index (χ0) is 21.3. The Morgan fingerprint density at radius 2 is 1.40 bits per heavy atom. The molecule has 2 aromatic carbocycles. The first kappa shape index (κ1) is 23.5. The van der Waals surface area contributed by atoms with Gasteiger partial charge in [-0.05, 0) is 35.9 Å². The van der Waals surface area contributed by atoms with Crippen molar-refractivity contribution in [2.24, 2.45) is 11.0 Å². The average Bonchev–Trinajstić information content (AvgIpc) is 2.79. The molecule has 0 amide bonds. The molecule has 5 nitrogen and oxygen atoms in total. The fraction of sp³-hybridized carbons (Fsp3) is 0.480. The lowest BCUT2D eigenvalue weighted by molar-refractivity contribution is -0.150. The molecule has 160 valence electrons. The molecule has 0 saturated heterocycles. The molecule has 0 aliphatic heterocycles. The van der Waals surface area contributed by atoms with Crippen LogP contribution in [0.2, 0.25) is 0 Å². The number of ether oxygens (including phenoxy) is 1. The highest BCUT2D eigenvalue weighted by molar-refractivity contribution is 5.72. The lowest BCUT2D eigenvalue weighted by Gasteiger charge is -2.16. The number of nitrogens with zero attached hydrogens (tertiary/aromatic N) is 3. The molecule has 5 heteroatoms. The summed E-state index contributed by atoms with van der Waals surface area (Å²) >= 11 is 0. The summed E-state index contributed by atoms with van der Waals surface area (Å²) in [6, 6.07) is 20.0. The van der Waals surface area contributed by atoms with Crippen molar-refractivity contribution in [2.45, 2.75) is 64.4 Å². The highest BCUT2D eigenvalue weighted by atomic mass is 16.5. The number of unbranched alkanes of at least 4 members (excludes halogenated alkanes) is 6. The van der Waals surface area contributed by atoms with Gasteiger partial charge in [0, 0.05) is 11.5 Å². The van der Waals surface area contributed by atoms with Gasteiger partial charge in [-0.2, -0.15) is 0 Å². The van der Waals surface area contributed by atoms with Gasteiger partial charge in [0.05, 0.1) is 5.92 Å². The molecule has 0 heterocycles. The number of hydrogen-bond acceptors (Lipinski definition) is 3. The van der Waals surface area contributed by atoms with Gasteiger partial charge in [-0.1, -0.05) is 104 Å². The summed E-state index contributed by atoms with van der Waals surface area (Å²) in [6.45, 7) is 0.934. The van der Waals surface area contributed by atoms with E-state index >= 15 is 0 Å². The number of hydrogen-bond donors (Lipinski definition) is 0. The van der Waals surface area contributed by atoms with Crippen LogP contribution in [0.25, 0.3) is 10.4 Å². The highest BCUT2D eigenvalue weighted by Crippen LogP contribution is 2.19. The molecular formula is C25H33N3O2. The summed E-state index contributed by atoms with van der Waals surface area (Å²) in [7, 11) is 0. The number of benzene rings is 2. The first-order valence-corrected chi connectivity index (χ1v) is 11.0. The summed E-state index contributed by atoms with van der Waals surface area (Å²) in [4.78, 5) is 15.5. The second-order valence-electron chi connectivity index (χ2n) is 7.70. The third kappa shape index (κ3) is 10.1. The minimum Gasteiger partial charge on any atom is -0.461 e. The maximum atomic E-state index is 12.8. The van der Waals surface area contributed by atoms with Crippen LogP contribution in [-0.4, -0.2) is 12.5 Å². The molecule has 0 saturated carbocycles. The molecule has 0 aromatic heterocycles. The monoisotopic (exact) mass is 407 g/mol. The van der Waals surface area contributed by atoms with Gasteiger partial charge in [-0.25, -0.2) is 0 Å². The van der Waals surface area contributed by atoms with E-state index in [-0.39, 0.29) is 11.9 Å². The smallest absolute Gasteiger partial charge is 0.309 e. The number of rotatable bonds is 15. The number of carbonyl (C=O) groups is 1. The highest BCUT2D eigenvalue weighted by Gasteiger charge is 2.20. The maximum Gasteiger partial charge on any atom is 0.309 e. The van der Waals surface area contributed by atoms with Gasteiger partial charge in [0.25, 0.3) is 0 Å². The molecule has 1 atom stereocenters. The van der Waals surface area contributed by atoms with Crippen LogP contribution in [0.4, 0.5) is 0 Å². The third-order valence-corrected chi connectivity index (χ3v) is 5.26. The van der Waals surface area contributed by atoms with Crippen molar-refractivity contribution < 1.29 is 9.53 Å². The predicted molar refractivity (Wildman–Crippen MR) is 121 cm³/mol. The second kappa shape index (κ2) is 15.1. The van der Waals surface area contributed by atoms with E-state index in [4.69, 9.17) is 10.3 Å². The molecule has 2 aromatic rings. The Morgan fingerprint density at radius 3 is 2.03 bits per heavy atom. The van der Waals surface area contributed by atoms with Gasteiger partial charge in [0.2, 0.25) is 0 Å². The van der Waals surface area contributed by atoms with Crippen molar-refractivity contribution >= 4 is 5.97 Å². The molecule has 0 bridgehead atoms. The van der Waals surface area contributed by atoms with Crippen molar-refractivity contribution in [3.05, 3.63) is 82.2 Å². The summed E-state index contributed by atoms with van der Waals surface area (Å²) in [5, 5.41) is 3.56. The van der Waals surface area contributed by atoms with Gasteiger partial charge >= 0.3 is 5.97 Å². The van der Waals surface area contributed by atoms with E-state index in [1.165, 1.54) is 24.8 Å². The van der Waals surface area contributed by atoms with Crippen molar-refractivity contribution in [2.75, 3.05) is 6.54 Å². The van der Waals surface area contributed by atoms with Crippen LogP contribution in [0.1, 0.15) is 62.5 Å². The van der Waals surface area contributed by atoms with E-state index in [1.54, 1.807) is 0 Å². The van der Waals surface area contributed by atoms with Crippen molar-refractivity contribution in [3.8, 4) is 0 Å². The van der Waals surface area contributed by atoms with Crippen LogP contribution in [0, 0.1) is 5.92 Å². The Hall–Kier alpha value is -2.78. The largest absolute Gasteiger partial charge is 0.461 e. The Kier molecular flexibility index (Phi) is 11.8. The number of carbonyl (C=O) groups excluding carboxylic acids is 1. The van der Waals surface area contributed by atoms with Crippen LogP contribution < -0.4 is 0 Å². The van der Waals surface area contributed by atoms with Crippen LogP contribution in [0.5, 0.6) is 0 Å². The summed E-state index contributed by atoms with van der Waals surface area (Å²) < 4.78 is 5.63. The van der Waals surface area contributed by atoms with Crippen molar-refractivity contribution in [1.29, 1.82) is 0 Å². The molecular weight excluding hydrogens is 374 g/mol. The zero-order valence-corrected chi connectivity index (χ0v) is 17.8. The predicted octanol–water partition coefficient (Wildman–Crippen LogP) is 7.02. The third-order valence-electron chi connectivity index (χ3n) is 5.26. The van der Waals surface area contributed by atoms with E-state index in [2.05, 4.69) is 22.2 Å². The fourth-order valence-corrected chi connectivity index (χ4v) is 3.55. The SMILES string of the molecule is [N-]=[N+]=NCCCCCCCCC[C@@H](Cc1ccccc1)C(=O)OCc1ccccc1. The van der Waals surface area contributed by atoms with Crippen LogP contribution >= 0.6 is 0 Å². The lowest BCUT2D eigenvalue weighted by Crippen LogP contribution is -2.20. The lowest BCUT2D eigenvalue weighted by atomic mass is 9.93. The summed E-state index contributed by atoms with van der Waals surface area (Å²) in [5.41, 5.74) is 10.5. The number of azide groups is 1. The Balaban J connectivity index is 1.73. The standard InChI is InChI=1S/C25H33N3O2/c26-28-27-19-13-5-3-1-2-4-12-18-24(20-22-14-8-6-9-15-22)25(29)30-21-23-16-10-7-11-17-23/h6-11,14-17,24H,1-5,12-13,18-21H2/t24-/m0/s1. The van der Waals surface area contributed by atoms with Gasteiger partial charge in [-0.15, -0.1) is 0 Å². The molecule has 0 N–H and O–H groups in total. The van der Waals surface area contributed by atoms with Gasteiger partial charge < -0.3 is 4.74 Å². The topological polar surface area (TPSA) is 75.1 Å². The summed E-state index contributed by atoms with van der Waals surface area (Å²) in [6.07, 6.45) is 9.39. The molecule has 30 heavy (non-hydrogen) atoms. The van der Waals surface area contributed by atoms with E-state index < -0.39 is 0 Å². The molecule has 0 fully saturated rings. The molecule has 0 unspecified atom stereocenters. The first-order valence-electron chi connectivity index (χ1n) is 11.0. The number of esters is 1. The van der Waals surface area contributed by atoms with Crippen LogP contribution in [0.3, 0.4) is 0 Å². The quantitative estimate of drug-likeness (QED) is 0.105. The van der Waals surface area contributed by atoms with E-state index in [9.17, 15) is 4.79 Å². The van der Waals surface area contributed by atoms with E-state index in [0.717, 1.165) is 44.1 Å². The second-order valence-corrected chi connectivity index (χ2v) is 7.70. The van der Waals surface area contributed by atoms with E-state index in [1.807, 2.05) is 48.5 Å². The molecule has 0 radical (unpaired) electrons. The van der Waals surface area contributed by atoms with E-state index in [0.29, 0.717) is 13.2 Å². The Morgan fingerprint density at radius 1 is 0.833 bits per heavy atom. The van der Waals surface area contributed by atoms with Gasteiger partial charge in [0.15, 0.2) is 0 Å². The molecule has 2 rings (SSSR count). The summed E-state index contributed by atoms with van der Waals surface area (Å²) in [5.74, 6) is -0.194. The zero-order valence-electron chi connectivity index (χ0n) is 17.8. The minimum absolute atomic E-state index is 0.0965. The molecule has 0 aliphatic rings. The Labute approximate surface area is 180 Å². The van der Waals surface area contributed by atoms with Crippen molar-refractivity contribution in [1.82, 2.24) is 0 Å². The van der Waals surface area contributed by atoms with Crippen molar-refractivity contribution in [3.63, 3.8) is 0 Å². The average molecular weight is 408 g/mol. The normalized spacial score (nSPS) is 11.5.